The Labute approximate surface area is 88.7 Å². The molecule has 1 amide bonds. The van der Waals surface area contributed by atoms with Crippen LogP contribution in [0, 0.1) is 0 Å². The van der Waals surface area contributed by atoms with Crippen LogP contribution in [0.5, 0.6) is 0 Å². The Morgan fingerprint density at radius 3 is 2.87 bits per heavy atom. The van der Waals surface area contributed by atoms with E-state index in [1.54, 1.807) is 11.4 Å². The molecule has 0 aliphatic carbocycles. The summed E-state index contributed by atoms with van der Waals surface area (Å²) in [5.74, 6) is -0.467. The lowest BCUT2D eigenvalue weighted by atomic mass is 10.2. The minimum atomic E-state index is -1.06. The van der Waals surface area contributed by atoms with Gasteiger partial charge in [-0.1, -0.05) is 0 Å². The van der Waals surface area contributed by atoms with Gasteiger partial charge in [-0.05, 0) is 17.0 Å². The number of aromatic nitrogens is 1. The second-order valence-electron chi connectivity index (χ2n) is 3.09. The number of thiophene rings is 1. The van der Waals surface area contributed by atoms with Crippen LogP contribution in [0.2, 0.25) is 0 Å². The summed E-state index contributed by atoms with van der Waals surface area (Å²) in [6, 6.07) is 1.79. The lowest BCUT2D eigenvalue weighted by Gasteiger charge is -1.92. The highest BCUT2D eigenvalue weighted by Gasteiger charge is 2.14. The van der Waals surface area contributed by atoms with Gasteiger partial charge in [0, 0.05) is 11.6 Å². The molecule has 0 atom stereocenters. The van der Waals surface area contributed by atoms with Gasteiger partial charge < -0.3 is 10.8 Å². The van der Waals surface area contributed by atoms with E-state index in [2.05, 4.69) is 0 Å². The van der Waals surface area contributed by atoms with Crippen molar-refractivity contribution in [1.82, 2.24) is 4.57 Å². The van der Waals surface area contributed by atoms with Crippen LogP contribution in [0.15, 0.2) is 17.6 Å². The van der Waals surface area contributed by atoms with Crippen LogP contribution in [0.3, 0.4) is 0 Å². The van der Waals surface area contributed by atoms with Gasteiger partial charge in [0.1, 0.15) is 4.83 Å². The Kier molecular flexibility index (Phi) is 2.20. The minimum absolute atomic E-state index is 0.0630. The van der Waals surface area contributed by atoms with Crippen LogP contribution in [-0.2, 0) is 11.2 Å². The zero-order chi connectivity index (χ0) is 11.0. The normalized spacial score (nSPS) is 10.7. The maximum atomic E-state index is 10.9. The van der Waals surface area contributed by atoms with Gasteiger partial charge in [0.15, 0.2) is 0 Å². The first-order chi connectivity index (χ1) is 7.09. The molecule has 0 radical (unpaired) electrons. The number of nitrogens with zero attached hydrogens (tertiary/aromatic N) is 1. The zero-order valence-electron chi connectivity index (χ0n) is 7.64. The first-order valence-corrected chi connectivity index (χ1v) is 5.06. The summed E-state index contributed by atoms with van der Waals surface area (Å²) in [4.78, 5) is 22.3. The number of fused-ring (bicyclic) bond motifs is 1. The smallest absolute Gasteiger partial charge is 0.416 e. The van der Waals surface area contributed by atoms with Crippen molar-refractivity contribution in [2.75, 3.05) is 0 Å². The fraction of sp³-hybridized carbons (Fsp3) is 0.111. The van der Waals surface area contributed by atoms with E-state index in [9.17, 15) is 9.59 Å². The molecule has 0 saturated heterocycles. The number of carbonyl (C=O) groups excluding carboxylic acids is 1. The molecular weight excluding hydrogens is 216 g/mol. The highest BCUT2D eigenvalue weighted by atomic mass is 32.1. The molecule has 2 aromatic heterocycles. The number of hydrogen-bond donors (Lipinski definition) is 2. The zero-order valence-corrected chi connectivity index (χ0v) is 8.45. The Balaban J connectivity index is 2.60. The average Bonchev–Trinajstić information content (AvgIpc) is 2.66. The summed E-state index contributed by atoms with van der Waals surface area (Å²) in [7, 11) is 0. The van der Waals surface area contributed by atoms with E-state index in [4.69, 9.17) is 10.8 Å². The summed E-state index contributed by atoms with van der Waals surface area (Å²) in [6.45, 7) is 0. The molecule has 0 aliphatic rings. The van der Waals surface area contributed by atoms with E-state index in [1.165, 1.54) is 17.5 Å². The van der Waals surface area contributed by atoms with Crippen LogP contribution < -0.4 is 5.73 Å². The SMILES string of the molecule is NC(=O)Cc1cn(C(=O)O)c2sccc12. The third kappa shape index (κ3) is 1.59. The standard InChI is InChI=1S/C9H8N2O3S/c10-7(12)3-5-4-11(9(13)14)8-6(5)1-2-15-8/h1-2,4H,3H2,(H2,10,12)(H,13,14). The number of rotatable bonds is 2. The number of carbonyl (C=O) groups is 2. The third-order valence-corrected chi connectivity index (χ3v) is 2.98. The predicted molar refractivity (Wildman–Crippen MR) is 56.1 cm³/mol. The van der Waals surface area contributed by atoms with Crippen LogP contribution >= 0.6 is 11.3 Å². The molecule has 0 spiro atoms. The van der Waals surface area contributed by atoms with Crippen LogP contribution in [0.4, 0.5) is 4.79 Å². The predicted octanol–water partition coefficient (Wildman–Crippen LogP) is 1.26. The van der Waals surface area contributed by atoms with Gasteiger partial charge in [0.25, 0.3) is 0 Å². The quantitative estimate of drug-likeness (QED) is 0.805. The molecule has 15 heavy (non-hydrogen) atoms. The van der Waals surface area contributed by atoms with Gasteiger partial charge in [-0.25, -0.2) is 9.36 Å². The summed E-state index contributed by atoms with van der Waals surface area (Å²) in [5.41, 5.74) is 5.73. The maximum Gasteiger partial charge on any atom is 0.416 e. The van der Waals surface area contributed by atoms with Crippen molar-refractivity contribution < 1.29 is 14.7 Å². The van der Waals surface area contributed by atoms with Gasteiger partial charge in [-0.3, -0.25) is 4.79 Å². The van der Waals surface area contributed by atoms with Crippen molar-refractivity contribution in [3.8, 4) is 0 Å². The molecule has 6 heteroatoms. The van der Waals surface area contributed by atoms with Crippen molar-refractivity contribution in [3.05, 3.63) is 23.2 Å². The van der Waals surface area contributed by atoms with E-state index in [0.29, 0.717) is 10.4 Å². The minimum Gasteiger partial charge on any atom is -0.464 e. The number of hydrogen-bond acceptors (Lipinski definition) is 3. The lowest BCUT2D eigenvalue weighted by Crippen LogP contribution is -2.13. The van der Waals surface area contributed by atoms with E-state index in [0.717, 1.165) is 9.95 Å². The van der Waals surface area contributed by atoms with Gasteiger partial charge in [-0.2, -0.15) is 0 Å². The fourth-order valence-corrected chi connectivity index (χ4v) is 2.39. The molecule has 0 aliphatic heterocycles. The number of amides is 1. The van der Waals surface area contributed by atoms with Crippen molar-refractivity contribution in [1.29, 1.82) is 0 Å². The highest BCUT2D eigenvalue weighted by molar-refractivity contribution is 7.17. The Morgan fingerprint density at radius 1 is 1.53 bits per heavy atom. The fourth-order valence-electron chi connectivity index (χ4n) is 1.49. The topological polar surface area (TPSA) is 85.3 Å². The second kappa shape index (κ2) is 3.39. The molecule has 78 valence electrons. The first-order valence-electron chi connectivity index (χ1n) is 4.18. The monoisotopic (exact) mass is 224 g/mol. The lowest BCUT2D eigenvalue weighted by molar-refractivity contribution is -0.117. The van der Waals surface area contributed by atoms with Gasteiger partial charge in [-0.15, -0.1) is 11.3 Å². The Morgan fingerprint density at radius 2 is 2.27 bits per heavy atom. The molecule has 2 heterocycles. The summed E-state index contributed by atoms with van der Waals surface area (Å²) < 4.78 is 1.11. The summed E-state index contributed by atoms with van der Waals surface area (Å²) in [5, 5.41) is 11.5. The molecular formula is C9H8N2O3S. The van der Waals surface area contributed by atoms with Gasteiger partial charge in [0.2, 0.25) is 5.91 Å². The molecule has 0 bridgehead atoms. The third-order valence-electron chi connectivity index (χ3n) is 2.07. The first kappa shape index (κ1) is 9.72. The van der Waals surface area contributed by atoms with Crippen molar-refractivity contribution in [2.24, 2.45) is 5.73 Å². The van der Waals surface area contributed by atoms with Crippen molar-refractivity contribution in [3.63, 3.8) is 0 Å². The van der Waals surface area contributed by atoms with Gasteiger partial charge >= 0.3 is 6.09 Å². The number of primary amides is 1. The van der Waals surface area contributed by atoms with Gasteiger partial charge in [0.05, 0.1) is 6.42 Å². The highest BCUT2D eigenvalue weighted by Crippen LogP contribution is 2.26. The molecule has 0 aromatic carbocycles. The van der Waals surface area contributed by atoms with E-state index >= 15 is 0 Å². The summed E-state index contributed by atoms with van der Waals surface area (Å²) in [6.07, 6.45) is 0.445. The van der Waals surface area contributed by atoms with Crippen LogP contribution in [-0.4, -0.2) is 21.7 Å². The number of nitrogens with two attached hydrogens (primary N) is 1. The van der Waals surface area contributed by atoms with E-state index in [-0.39, 0.29) is 6.42 Å². The van der Waals surface area contributed by atoms with Crippen LogP contribution in [0.1, 0.15) is 5.56 Å². The molecule has 5 nitrogen and oxygen atoms in total. The Bertz CT molecular complexity index is 541. The van der Waals surface area contributed by atoms with E-state index < -0.39 is 12.0 Å². The van der Waals surface area contributed by atoms with Crippen LogP contribution in [0.25, 0.3) is 10.2 Å². The van der Waals surface area contributed by atoms with Crippen molar-refractivity contribution in [2.45, 2.75) is 6.42 Å². The Hall–Kier alpha value is -1.82. The average molecular weight is 224 g/mol. The molecule has 0 fully saturated rings. The van der Waals surface area contributed by atoms with Crippen molar-refractivity contribution >= 4 is 33.6 Å². The number of carboxylic acid groups (broad SMARTS) is 1. The molecule has 3 N–H and O–H groups in total. The molecule has 0 saturated carbocycles. The van der Waals surface area contributed by atoms with E-state index in [1.807, 2.05) is 0 Å². The maximum absolute atomic E-state index is 10.9. The molecule has 2 aromatic rings. The second-order valence-corrected chi connectivity index (χ2v) is 3.98. The molecule has 2 rings (SSSR count). The molecule has 0 unspecified atom stereocenters. The largest absolute Gasteiger partial charge is 0.464 e. The summed E-state index contributed by atoms with van der Waals surface area (Å²) >= 11 is 1.32.